The first-order chi connectivity index (χ1) is 9.47. The highest BCUT2D eigenvalue weighted by Crippen LogP contribution is 2.21. The zero-order chi connectivity index (χ0) is 15.1. The maximum atomic E-state index is 11.8. The van der Waals surface area contributed by atoms with E-state index in [-0.39, 0.29) is 5.57 Å². The Balaban J connectivity index is 3.48. The molecule has 0 atom stereocenters. The van der Waals surface area contributed by atoms with E-state index in [4.69, 9.17) is 5.73 Å². The van der Waals surface area contributed by atoms with E-state index in [2.05, 4.69) is 9.72 Å². The average Bonchev–Trinajstić information content (AvgIpc) is 2.42. The third-order valence-corrected chi connectivity index (χ3v) is 2.44. The van der Waals surface area contributed by atoms with Crippen LogP contribution >= 0.6 is 0 Å². The first kappa shape index (κ1) is 15.4. The van der Waals surface area contributed by atoms with Gasteiger partial charge in [0.1, 0.15) is 5.57 Å². The van der Waals surface area contributed by atoms with Crippen molar-refractivity contribution in [2.24, 2.45) is 5.73 Å². The molecule has 0 bridgehead atoms. The van der Waals surface area contributed by atoms with Crippen molar-refractivity contribution in [3.8, 4) is 0 Å². The van der Waals surface area contributed by atoms with Crippen molar-refractivity contribution in [2.75, 3.05) is 21.2 Å². The van der Waals surface area contributed by atoms with Crippen LogP contribution in [0.4, 0.5) is 0 Å². The normalized spacial score (nSPS) is 11.9. The molecular weight excluding hydrogens is 258 g/mol. The molecule has 0 radical (unpaired) electrons. The molecule has 1 aromatic rings. The molecule has 0 aliphatic carbocycles. The van der Waals surface area contributed by atoms with Gasteiger partial charge in [0, 0.05) is 32.1 Å². The molecule has 20 heavy (non-hydrogen) atoms. The van der Waals surface area contributed by atoms with Crippen molar-refractivity contribution in [3.63, 3.8) is 0 Å². The third kappa shape index (κ3) is 3.94. The summed E-state index contributed by atoms with van der Waals surface area (Å²) in [6.07, 6.45) is 6.47. The molecule has 0 spiro atoms. The number of aromatic nitrogens is 1. The second-order valence-electron chi connectivity index (χ2n) is 4.16. The maximum Gasteiger partial charge on any atom is 0.344 e. The number of nitrogens with zero attached hydrogens (tertiary/aromatic N) is 2. The Bertz CT molecular complexity index is 548. The molecule has 1 aromatic heterocycles. The summed E-state index contributed by atoms with van der Waals surface area (Å²) < 4.78 is 4.62. The Labute approximate surface area is 117 Å². The number of amides is 1. The predicted molar refractivity (Wildman–Crippen MR) is 75.2 cm³/mol. The second-order valence-corrected chi connectivity index (χ2v) is 4.16. The summed E-state index contributed by atoms with van der Waals surface area (Å²) in [4.78, 5) is 29.0. The van der Waals surface area contributed by atoms with E-state index in [9.17, 15) is 9.59 Å². The number of primary amides is 1. The van der Waals surface area contributed by atoms with Crippen LogP contribution in [0.3, 0.4) is 0 Å². The summed E-state index contributed by atoms with van der Waals surface area (Å²) in [5.74, 6) is -1.61. The number of pyridine rings is 1. The number of ether oxygens (including phenoxy) is 1. The molecule has 0 aliphatic heterocycles. The quantitative estimate of drug-likeness (QED) is 0.279. The van der Waals surface area contributed by atoms with Crippen LogP contribution in [-0.2, 0) is 14.3 Å². The SMILES string of the molecule is COC(=O)/C(C(N)=O)=C(/C=C/N(C)C)c1ccncc1. The monoisotopic (exact) mass is 275 g/mol. The zero-order valence-corrected chi connectivity index (χ0v) is 11.7. The molecule has 0 fully saturated rings. The summed E-state index contributed by atoms with van der Waals surface area (Å²) in [6, 6.07) is 3.36. The van der Waals surface area contributed by atoms with Crippen LogP contribution in [0.2, 0.25) is 0 Å². The molecule has 2 N–H and O–H groups in total. The fraction of sp³-hybridized carbons (Fsp3) is 0.214. The highest BCUT2D eigenvalue weighted by atomic mass is 16.5. The van der Waals surface area contributed by atoms with Gasteiger partial charge in [-0.25, -0.2) is 4.79 Å². The lowest BCUT2D eigenvalue weighted by atomic mass is 10.00. The lowest BCUT2D eigenvalue weighted by Crippen LogP contribution is -2.23. The van der Waals surface area contributed by atoms with E-state index in [0.29, 0.717) is 11.1 Å². The Kier molecular flexibility index (Phi) is 5.46. The van der Waals surface area contributed by atoms with E-state index < -0.39 is 11.9 Å². The van der Waals surface area contributed by atoms with E-state index >= 15 is 0 Å². The molecular formula is C14H17N3O3. The zero-order valence-electron chi connectivity index (χ0n) is 11.7. The minimum atomic E-state index is -0.841. The van der Waals surface area contributed by atoms with Gasteiger partial charge in [-0.3, -0.25) is 9.78 Å². The Morgan fingerprint density at radius 3 is 2.35 bits per heavy atom. The first-order valence-electron chi connectivity index (χ1n) is 5.84. The van der Waals surface area contributed by atoms with Crippen LogP contribution in [0.15, 0.2) is 42.4 Å². The highest BCUT2D eigenvalue weighted by molar-refractivity contribution is 6.22. The van der Waals surface area contributed by atoms with Crippen LogP contribution in [-0.4, -0.2) is 43.0 Å². The minimum Gasteiger partial charge on any atom is -0.465 e. The lowest BCUT2D eigenvalue weighted by Gasteiger charge is -2.10. The fourth-order valence-electron chi connectivity index (χ4n) is 1.52. The van der Waals surface area contributed by atoms with Gasteiger partial charge in [0.25, 0.3) is 5.91 Å². The number of allylic oxidation sites excluding steroid dienone is 2. The molecule has 1 heterocycles. The van der Waals surface area contributed by atoms with Crippen molar-refractivity contribution in [2.45, 2.75) is 0 Å². The smallest absolute Gasteiger partial charge is 0.344 e. The molecule has 6 nitrogen and oxygen atoms in total. The van der Waals surface area contributed by atoms with Gasteiger partial charge in [-0.2, -0.15) is 0 Å². The van der Waals surface area contributed by atoms with Crippen LogP contribution in [0.1, 0.15) is 5.56 Å². The largest absolute Gasteiger partial charge is 0.465 e. The number of methoxy groups -OCH3 is 1. The van der Waals surface area contributed by atoms with Crippen LogP contribution in [0.5, 0.6) is 0 Å². The Morgan fingerprint density at radius 1 is 1.30 bits per heavy atom. The van der Waals surface area contributed by atoms with Gasteiger partial charge in [0.2, 0.25) is 0 Å². The van der Waals surface area contributed by atoms with E-state index in [0.717, 1.165) is 0 Å². The summed E-state index contributed by atoms with van der Waals surface area (Å²) in [6.45, 7) is 0. The van der Waals surface area contributed by atoms with Crippen molar-refractivity contribution in [1.82, 2.24) is 9.88 Å². The number of esters is 1. The van der Waals surface area contributed by atoms with Crippen molar-refractivity contribution < 1.29 is 14.3 Å². The number of hydrogen-bond donors (Lipinski definition) is 1. The van der Waals surface area contributed by atoms with Gasteiger partial charge < -0.3 is 15.4 Å². The summed E-state index contributed by atoms with van der Waals surface area (Å²) >= 11 is 0. The number of nitrogens with two attached hydrogens (primary N) is 1. The molecule has 1 amide bonds. The predicted octanol–water partition coefficient (Wildman–Crippen LogP) is 0.569. The summed E-state index contributed by atoms with van der Waals surface area (Å²) in [7, 11) is 4.84. The number of carbonyl (C=O) groups is 2. The lowest BCUT2D eigenvalue weighted by molar-refractivity contribution is -0.137. The third-order valence-electron chi connectivity index (χ3n) is 2.44. The van der Waals surface area contributed by atoms with Gasteiger partial charge in [0.15, 0.2) is 0 Å². The second kappa shape index (κ2) is 7.08. The standard InChI is InChI=1S/C14H17N3O3/c1-17(2)9-6-11(10-4-7-16-8-5-10)12(13(15)18)14(19)20-3/h4-9H,1-3H3,(H2,15,18)/b9-6+,12-11-. The van der Waals surface area contributed by atoms with Gasteiger partial charge in [-0.1, -0.05) is 0 Å². The number of carbonyl (C=O) groups excluding carboxylic acids is 2. The van der Waals surface area contributed by atoms with E-state index in [1.807, 2.05) is 14.1 Å². The number of rotatable bonds is 5. The van der Waals surface area contributed by atoms with Crippen LogP contribution < -0.4 is 5.73 Å². The van der Waals surface area contributed by atoms with Crippen molar-refractivity contribution in [3.05, 3.63) is 47.9 Å². The van der Waals surface area contributed by atoms with Crippen LogP contribution in [0, 0.1) is 0 Å². The van der Waals surface area contributed by atoms with Gasteiger partial charge in [0.05, 0.1) is 7.11 Å². The highest BCUT2D eigenvalue weighted by Gasteiger charge is 2.21. The van der Waals surface area contributed by atoms with Gasteiger partial charge in [-0.05, 0) is 30.0 Å². The molecule has 0 aliphatic rings. The fourth-order valence-corrected chi connectivity index (χ4v) is 1.52. The molecule has 0 unspecified atom stereocenters. The molecule has 6 heteroatoms. The van der Waals surface area contributed by atoms with E-state index in [1.165, 1.54) is 7.11 Å². The minimum absolute atomic E-state index is 0.197. The molecule has 106 valence electrons. The topological polar surface area (TPSA) is 85.5 Å². The molecule has 0 saturated heterocycles. The number of hydrogen-bond acceptors (Lipinski definition) is 5. The Morgan fingerprint density at radius 2 is 1.90 bits per heavy atom. The molecule has 0 saturated carbocycles. The molecule has 1 rings (SSSR count). The first-order valence-corrected chi connectivity index (χ1v) is 5.84. The maximum absolute atomic E-state index is 11.8. The summed E-state index contributed by atoms with van der Waals surface area (Å²) in [5, 5.41) is 0. The van der Waals surface area contributed by atoms with Crippen LogP contribution in [0.25, 0.3) is 5.57 Å². The van der Waals surface area contributed by atoms with E-state index in [1.54, 1.807) is 41.7 Å². The Hall–Kier alpha value is -2.63. The van der Waals surface area contributed by atoms with Gasteiger partial charge >= 0.3 is 5.97 Å². The summed E-state index contributed by atoms with van der Waals surface area (Å²) in [5.41, 5.74) is 6.14. The molecule has 0 aromatic carbocycles. The van der Waals surface area contributed by atoms with Crippen molar-refractivity contribution >= 4 is 17.4 Å². The van der Waals surface area contributed by atoms with Crippen molar-refractivity contribution in [1.29, 1.82) is 0 Å². The van der Waals surface area contributed by atoms with Gasteiger partial charge in [-0.15, -0.1) is 0 Å². The average molecular weight is 275 g/mol.